The van der Waals surface area contributed by atoms with Crippen LogP contribution in [0, 0.1) is 6.92 Å². The summed E-state index contributed by atoms with van der Waals surface area (Å²) >= 11 is 0. The molecular weight excluding hydrogens is 356 g/mol. The van der Waals surface area contributed by atoms with Crippen LogP contribution in [0.5, 0.6) is 5.75 Å². The van der Waals surface area contributed by atoms with Crippen LogP contribution < -0.4 is 10.4 Å². The van der Waals surface area contributed by atoms with Gasteiger partial charge in [0.05, 0.1) is 0 Å². The van der Waals surface area contributed by atoms with Crippen LogP contribution in [0.25, 0.3) is 22.4 Å². The molecule has 0 unspecified atom stereocenters. The number of hydrogen-bond acceptors (Lipinski definition) is 6. The number of nitrogens with zero attached hydrogens (tertiary/aromatic N) is 2. The van der Waals surface area contributed by atoms with Crippen molar-refractivity contribution in [3.05, 3.63) is 75.5 Å². The van der Waals surface area contributed by atoms with Crippen LogP contribution in [0.3, 0.4) is 0 Å². The SMILES string of the molecule is Cc1nc(-c2ccc(OCc3cc(=O)oc4cc5c(cc34)CCC5)cc2)no1. The third kappa shape index (κ3) is 3.07. The van der Waals surface area contributed by atoms with Crippen molar-refractivity contribution >= 4 is 11.0 Å². The molecule has 140 valence electrons. The van der Waals surface area contributed by atoms with E-state index in [4.69, 9.17) is 13.7 Å². The van der Waals surface area contributed by atoms with Gasteiger partial charge in [-0.05, 0) is 66.8 Å². The Labute approximate surface area is 160 Å². The summed E-state index contributed by atoms with van der Waals surface area (Å²) in [6.45, 7) is 2.05. The van der Waals surface area contributed by atoms with E-state index in [1.165, 1.54) is 17.2 Å². The van der Waals surface area contributed by atoms with Crippen LogP contribution in [0.15, 0.2) is 56.2 Å². The van der Waals surface area contributed by atoms with Crippen molar-refractivity contribution in [2.75, 3.05) is 0 Å². The second-order valence-electron chi connectivity index (χ2n) is 7.01. The van der Waals surface area contributed by atoms with E-state index in [2.05, 4.69) is 16.2 Å². The first kappa shape index (κ1) is 16.7. The molecule has 0 amide bonds. The third-order valence-electron chi connectivity index (χ3n) is 5.08. The predicted octanol–water partition coefficient (Wildman–Crippen LogP) is 4.22. The summed E-state index contributed by atoms with van der Waals surface area (Å²) < 4.78 is 16.3. The highest BCUT2D eigenvalue weighted by molar-refractivity contribution is 5.82. The Morgan fingerprint density at radius 1 is 1.07 bits per heavy atom. The van der Waals surface area contributed by atoms with Crippen molar-refractivity contribution < 1.29 is 13.7 Å². The molecule has 5 rings (SSSR count). The van der Waals surface area contributed by atoms with Gasteiger partial charge in [-0.2, -0.15) is 4.98 Å². The van der Waals surface area contributed by atoms with Crippen LogP contribution >= 0.6 is 0 Å². The smallest absolute Gasteiger partial charge is 0.336 e. The van der Waals surface area contributed by atoms with Gasteiger partial charge in [0.25, 0.3) is 0 Å². The third-order valence-corrected chi connectivity index (χ3v) is 5.08. The maximum absolute atomic E-state index is 12.0. The minimum atomic E-state index is -0.355. The minimum Gasteiger partial charge on any atom is -0.489 e. The number of ether oxygens (including phenoxy) is 1. The fourth-order valence-electron chi connectivity index (χ4n) is 3.69. The average molecular weight is 374 g/mol. The fraction of sp³-hybridized carbons (Fsp3) is 0.227. The maximum Gasteiger partial charge on any atom is 0.336 e. The first-order valence-corrected chi connectivity index (χ1v) is 9.28. The first-order valence-electron chi connectivity index (χ1n) is 9.28. The molecular formula is C22H18N2O4. The number of benzene rings is 2. The van der Waals surface area contributed by atoms with Crippen LogP contribution in [-0.2, 0) is 19.4 Å². The van der Waals surface area contributed by atoms with E-state index in [9.17, 15) is 4.79 Å². The zero-order chi connectivity index (χ0) is 19.1. The molecule has 6 nitrogen and oxygen atoms in total. The molecule has 0 radical (unpaired) electrons. The summed E-state index contributed by atoms with van der Waals surface area (Å²) in [5.74, 6) is 1.77. The van der Waals surface area contributed by atoms with Gasteiger partial charge in [-0.25, -0.2) is 4.79 Å². The molecule has 2 heterocycles. The standard InChI is InChI=1S/C22H18N2O4/c1-13-23-22(24-28-13)14-5-7-18(8-6-14)26-12-17-11-21(25)27-20-10-16-4-2-3-15(16)9-19(17)20/h5-11H,2-4,12H2,1H3. The zero-order valence-corrected chi connectivity index (χ0v) is 15.4. The van der Waals surface area contributed by atoms with Gasteiger partial charge >= 0.3 is 5.63 Å². The Kier molecular flexibility index (Phi) is 3.97. The van der Waals surface area contributed by atoms with Crippen LogP contribution in [0.1, 0.15) is 29.0 Å². The lowest BCUT2D eigenvalue weighted by molar-refractivity contribution is 0.306. The summed E-state index contributed by atoms with van der Waals surface area (Å²) in [6.07, 6.45) is 3.26. The lowest BCUT2D eigenvalue weighted by Crippen LogP contribution is -2.04. The Morgan fingerprint density at radius 2 is 1.86 bits per heavy atom. The Hall–Kier alpha value is -3.41. The van der Waals surface area contributed by atoms with Crippen LogP contribution in [0.4, 0.5) is 0 Å². The van der Waals surface area contributed by atoms with E-state index in [1.54, 1.807) is 6.92 Å². The van der Waals surface area contributed by atoms with E-state index in [0.717, 1.165) is 35.8 Å². The molecule has 1 aliphatic carbocycles. The molecule has 6 heteroatoms. The maximum atomic E-state index is 12.0. The number of fused-ring (bicyclic) bond motifs is 2. The molecule has 28 heavy (non-hydrogen) atoms. The molecule has 0 N–H and O–H groups in total. The van der Waals surface area contributed by atoms with E-state index in [-0.39, 0.29) is 5.63 Å². The number of rotatable bonds is 4. The predicted molar refractivity (Wildman–Crippen MR) is 103 cm³/mol. The summed E-state index contributed by atoms with van der Waals surface area (Å²) in [6, 6.07) is 13.1. The molecule has 0 saturated heterocycles. The number of aromatic nitrogens is 2. The van der Waals surface area contributed by atoms with Gasteiger partial charge in [0, 0.05) is 29.5 Å². The molecule has 1 aliphatic rings. The minimum absolute atomic E-state index is 0.293. The summed E-state index contributed by atoms with van der Waals surface area (Å²) in [4.78, 5) is 16.2. The lowest BCUT2D eigenvalue weighted by atomic mass is 10.0. The van der Waals surface area contributed by atoms with E-state index >= 15 is 0 Å². The lowest BCUT2D eigenvalue weighted by Gasteiger charge is -2.10. The summed E-state index contributed by atoms with van der Waals surface area (Å²) in [5.41, 5.74) is 4.58. The van der Waals surface area contributed by atoms with Crippen molar-refractivity contribution in [1.29, 1.82) is 0 Å². The van der Waals surface area contributed by atoms with Gasteiger partial charge in [-0.1, -0.05) is 5.16 Å². The molecule has 4 aromatic rings. The molecule has 0 spiro atoms. The van der Waals surface area contributed by atoms with Crippen LogP contribution in [0.2, 0.25) is 0 Å². The van der Waals surface area contributed by atoms with Crippen molar-refractivity contribution in [1.82, 2.24) is 10.1 Å². The molecule has 2 aromatic heterocycles. The van der Waals surface area contributed by atoms with E-state index in [0.29, 0.717) is 29.7 Å². The van der Waals surface area contributed by atoms with Gasteiger partial charge in [0.15, 0.2) is 0 Å². The first-order chi connectivity index (χ1) is 13.7. The largest absolute Gasteiger partial charge is 0.489 e. The highest BCUT2D eigenvalue weighted by atomic mass is 16.5. The van der Waals surface area contributed by atoms with E-state index < -0.39 is 0 Å². The van der Waals surface area contributed by atoms with Gasteiger partial charge in [0.1, 0.15) is 17.9 Å². The molecule has 0 bridgehead atoms. The summed E-state index contributed by atoms with van der Waals surface area (Å²) in [5, 5.41) is 4.85. The summed E-state index contributed by atoms with van der Waals surface area (Å²) in [7, 11) is 0. The molecule has 0 aliphatic heterocycles. The fourth-order valence-corrected chi connectivity index (χ4v) is 3.69. The number of aryl methyl sites for hydroxylation is 3. The van der Waals surface area contributed by atoms with Gasteiger partial charge < -0.3 is 13.7 Å². The van der Waals surface area contributed by atoms with Crippen LogP contribution in [-0.4, -0.2) is 10.1 Å². The Balaban J connectivity index is 1.40. The van der Waals surface area contributed by atoms with Crippen molar-refractivity contribution in [2.24, 2.45) is 0 Å². The molecule has 0 atom stereocenters. The monoisotopic (exact) mass is 374 g/mol. The quantitative estimate of drug-likeness (QED) is 0.498. The van der Waals surface area contributed by atoms with Gasteiger partial charge in [-0.3, -0.25) is 0 Å². The Morgan fingerprint density at radius 3 is 2.61 bits per heavy atom. The van der Waals surface area contributed by atoms with Gasteiger partial charge in [0.2, 0.25) is 11.7 Å². The second-order valence-corrected chi connectivity index (χ2v) is 7.01. The van der Waals surface area contributed by atoms with E-state index in [1.807, 2.05) is 30.3 Å². The average Bonchev–Trinajstić information content (AvgIpc) is 3.33. The normalized spacial score (nSPS) is 13.0. The zero-order valence-electron chi connectivity index (χ0n) is 15.4. The van der Waals surface area contributed by atoms with Crippen molar-refractivity contribution in [3.63, 3.8) is 0 Å². The molecule has 0 saturated carbocycles. The highest BCUT2D eigenvalue weighted by Crippen LogP contribution is 2.29. The molecule has 0 fully saturated rings. The van der Waals surface area contributed by atoms with Crippen molar-refractivity contribution in [2.45, 2.75) is 32.8 Å². The van der Waals surface area contributed by atoms with Crippen molar-refractivity contribution in [3.8, 4) is 17.1 Å². The number of hydrogen-bond donors (Lipinski definition) is 0. The highest BCUT2D eigenvalue weighted by Gasteiger charge is 2.15. The van der Waals surface area contributed by atoms with Gasteiger partial charge in [-0.15, -0.1) is 0 Å². The molecule has 2 aromatic carbocycles. The topological polar surface area (TPSA) is 78.4 Å². The Bertz CT molecular complexity index is 1220. The second kappa shape index (κ2) is 6.64.